The number of aromatic nitrogens is 2. The Morgan fingerprint density at radius 3 is 2.58 bits per heavy atom. The molecule has 1 saturated heterocycles. The van der Waals surface area contributed by atoms with Gasteiger partial charge in [-0.2, -0.15) is 0 Å². The third-order valence-electron chi connectivity index (χ3n) is 5.98. The zero-order valence-electron chi connectivity index (χ0n) is 15.1. The Morgan fingerprint density at radius 2 is 1.83 bits per heavy atom. The van der Waals surface area contributed by atoms with E-state index in [-0.39, 0.29) is 0 Å². The van der Waals surface area contributed by atoms with Crippen LogP contribution in [-0.4, -0.2) is 52.0 Å². The Morgan fingerprint density at radius 1 is 1.08 bits per heavy atom. The number of aryl methyl sites for hydroxylation is 1. The standard InChI is InChI=1S/C20H30N4/c1-15-3-6-18(7-4-15)24-11-9-23(10-12-24)14-17-5-8-19-20(13-17)22-16(2)21-19/h5,8,13,15,18H,3-4,6-7,9-12,14H2,1-2H3,(H,21,22). The molecule has 1 aromatic heterocycles. The number of nitrogens with zero attached hydrogens (tertiary/aromatic N) is 3. The number of nitrogens with one attached hydrogen (secondary N) is 1. The first kappa shape index (κ1) is 16.1. The maximum absolute atomic E-state index is 4.56. The lowest BCUT2D eigenvalue weighted by Crippen LogP contribution is -2.50. The molecule has 4 rings (SSSR count). The molecule has 0 spiro atoms. The number of hydrogen-bond acceptors (Lipinski definition) is 3. The van der Waals surface area contributed by atoms with Crippen molar-refractivity contribution in [1.29, 1.82) is 0 Å². The Hall–Kier alpha value is -1.39. The van der Waals surface area contributed by atoms with Gasteiger partial charge < -0.3 is 4.98 Å². The van der Waals surface area contributed by atoms with Gasteiger partial charge in [-0.25, -0.2) is 4.98 Å². The molecular weight excluding hydrogens is 296 g/mol. The van der Waals surface area contributed by atoms with Gasteiger partial charge in [0.15, 0.2) is 0 Å². The summed E-state index contributed by atoms with van der Waals surface area (Å²) in [4.78, 5) is 13.2. The smallest absolute Gasteiger partial charge is 0.104 e. The molecule has 0 unspecified atom stereocenters. The van der Waals surface area contributed by atoms with E-state index >= 15 is 0 Å². The largest absolute Gasteiger partial charge is 0.342 e. The molecule has 0 atom stereocenters. The number of imidazole rings is 1. The summed E-state index contributed by atoms with van der Waals surface area (Å²) in [5.41, 5.74) is 3.63. The third kappa shape index (κ3) is 3.50. The molecule has 2 heterocycles. The van der Waals surface area contributed by atoms with E-state index in [0.29, 0.717) is 0 Å². The summed E-state index contributed by atoms with van der Waals surface area (Å²) >= 11 is 0. The summed E-state index contributed by atoms with van der Waals surface area (Å²) < 4.78 is 0. The van der Waals surface area contributed by atoms with Gasteiger partial charge in [0.2, 0.25) is 0 Å². The minimum atomic E-state index is 0.853. The van der Waals surface area contributed by atoms with Gasteiger partial charge in [-0.15, -0.1) is 0 Å². The molecule has 0 amide bonds. The zero-order valence-corrected chi connectivity index (χ0v) is 15.1. The highest BCUT2D eigenvalue weighted by atomic mass is 15.3. The van der Waals surface area contributed by atoms with E-state index in [2.05, 4.69) is 44.9 Å². The number of fused-ring (bicyclic) bond motifs is 1. The lowest BCUT2D eigenvalue weighted by molar-refractivity contribution is 0.0689. The second-order valence-corrected chi connectivity index (χ2v) is 7.90. The summed E-state index contributed by atoms with van der Waals surface area (Å²) in [6.07, 6.45) is 5.68. The molecule has 1 saturated carbocycles. The van der Waals surface area contributed by atoms with Crippen LogP contribution in [-0.2, 0) is 6.54 Å². The normalized spacial score (nSPS) is 26.9. The summed E-state index contributed by atoms with van der Waals surface area (Å²) in [5, 5.41) is 0. The Balaban J connectivity index is 1.32. The van der Waals surface area contributed by atoms with Crippen molar-refractivity contribution >= 4 is 11.0 Å². The molecule has 4 heteroatoms. The van der Waals surface area contributed by atoms with E-state index in [1.54, 1.807) is 0 Å². The molecule has 2 fully saturated rings. The lowest BCUT2D eigenvalue weighted by Gasteiger charge is -2.41. The fourth-order valence-electron chi connectivity index (χ4n) is 4.43. The molecule has 24 heavy (non-hydrogen) atoms. The van der Waals surface area contributed by atoms with E-state index < -0.39 is 0 Å². The molecule has 2 aromatic rings. The Bertz CT molecular complexity index is 676. The average Bonchev–Trinajstić information content (AvgIpc) is 2.96. The molecular formula is C20H30N4. The molecule has 0 bridgehead atoms. The maximum atomic E-state index is 4.56. The monoisotopic (exact) mass is 326 g/mol. The van der Waals surface area contributed by atoms with Crippen LogP contribution in [0.4, 0.5) is 0 Å². The molecule has 2 aliphatic rings. The van der Waals surface area contributed by atoms with E-state index in [0.717, 1.165) is 35.4 Å². The van der Waals surface area contributed by atoms with E-state index in [9.17, 15) is 0 Å². The Kier molecular flexibility index (Phi) is 4.59. The highest BCUT2D eigenvalue weighted by Gasteiger charge is 2.26. The fourth-order valence-corrected chi connectivity index (χ4v) is 4.43. The van der Waals surface area contributed by atoms with Gasteiger partial charge >= 0.3 is 0 Å². The molecule has 130 valence electrons. The van der Waals surface area contributed by atoms with Gasteiger partial charge in [0.05, 0.1) is 11.0 Å². The molecule has 4 nitrogen and oxygen atoms in total. The highest BCUT2D eigenvalue weighted by Crippen LogP contribution is 2.28. The number of H-pyrrole nitrogens is 1. The van der Waals surface area contributed by atoms with Crippen molar-refractivity contribution in [2.45, 2.75) is 52.1 Å². The number of hydrogen-bond donors (Lipinski definition) is 1. The molecule has 1 aromatic carbocycles. The van der Waals surface area contributed by atoms with Crippen LogP contribution in [0.2, 0.25) is 0 Å². The lowest BCUT2D eigenvalue weighted by atomic mass is 9.86. The summed E-state index contributed by atoms with van der Waals surface area (Å²) in [7, 11) is 0. The van der Waals surface area contributed by atoms with Crippen LogP contribution in [0.1, 0.15) is 44.0 Å². The average molecular weight is 326 g/mol. The number of aromatic amines is 1. The molecule has 1 N–H and O–H groups in total. The summed E-state index contributed by atoms with van der Waals surface area (Å²) in [6, 6.07) is 7.51. The second-order valence-electron chi connectivity index (χ2n) is 7.90. The van der Waals surface area contributed by atoms with Crippen LogP contribution in [0.3, 0.4) is 0 Å². The van der Waals surface area contributed by atoms with Crippen molar-refractivity contribution < 1.29 is 0 Å². The third-order valence-corrected chi connectivity index (χ3v) is 5.98. The number of benzene rings is 1. The molecule has 0 radical (unpaired) electrons. The topological polar surface area (TPSA) is 35.2 Å². The SMILES string of the molecule is Cc1nc2cc(CN3CCN(C4CCC(C)CC4)CC3)ccc2[nH]1. The summed E-state index contributed by atoms with van der Waals surface area (Å²) in [6.45, 7) is 10.4. The van der Waals surface area contributed by atoms with E-state index in [1.807, 2.05) is 6.92 Å². The van der Waals surface area contributed by atoms with E-state index in [1.165, 1.54) is 57.4 Å². The van der Waals surface area contributed by atoms with Gasteiger partial charge in [-0.1, -0.05) is 13.0 Å². The minimum Gasteiger partial charge on any atom is -0.342 e. The van der Waals surface area contributed by atoms with Gasteiger partial charge in [0.25, 0.3) is 0 Å². The van der Waals surface area contributed by atoms with Gasteiger partial charge in [-0.05, 0) is 56.2 Å². The van der Waals surface area contributed by atoms with E-state index in [4.69, 9.17) is 0 Å². The van der Waals surface area contributed by atoms with Crippen molar-refractivity contribution in [2.75, 3.05) is 26.2 Å². The predicted molar refractivity (Wildman–Crippen MR) is 99.1 cm³/mol. The minimum absolute atomic E-state index is 0.853. The van der Waals surface area contributed by atoms with Crippen LogP contribution in [0.5, 0.6) is 0 Å². The first-order valence-corrected chi connectivity index (χ1v) is 9.59. The second kappa shape index (κ2) is 6.85. The van der Waals surface area contributed by atoms with Crippen LogP contribution < -0.4 is 0 Å². The summed E-state index contributed by atoms with van der Waals surface area (Å²) in [5.74, 6) is 1.95. The highest BCUT2D eigenvalue weighted by molar-refractivity contribution is 5.75. The van der Waals surface area contributed by atoms with Crippen LogP contribution in [0, 0.1) is 12.8 Å². The van der Waals surface area contributed by atoms with Crippen LogP contribution >= 0.6 is 0 Å². The first-order valence-electron chi connectivity index (χ1n) is 9.59. The van der Waals surface area contributed by atoms with Crippen LogP contribution in [0.15, 0.2) is 18.2 Å². The zero-order chi connectivity index (χ0) is 16.5. The van der Waals surface area contributed by atoms with Crippen molar-refractivity contribution in [1.82, 2.24) is 19.8 Å². The maximum Gasteiger partial charge on any atom is 0.104 e. The van der Waals surface area contributed by atoms with Gasteiger partial charge in [0, 0.05) is 38.8 Å². The van der Waals surface area contributed by atoms with Crippen molar-refractivity contribution in [2.24, 2.45) is 5.92 Å². The van der Waals surface area contributed by atoms with Crippen LogP contribution in [0.25, 0.3) is 11.0 Å². The predicted octanol–water partition coefficient (Wildman–Crippen LogP) is 3.57. The molecule has 1 aliphatic heterocycles. The number of rotatable bonds is 3. The van der Waals surface area contributed by atoms with Crippen molar-refractivity contribution in [3.63, 3.8) is 0 Å². The number of piperazine rings is 1. The molecule has 1 aliphatic carbocycles. The van der Waals surface area contributed by atoms with Crippen molar-refractivity contribution in [3.8, 4) is 0 Å². The van der Waals surface area contributed by atoms with Crippen molar-refractivity contribution in [3.05, 3.63) is 29.6 Å². The Labute approximate surface area is 145 Å². The van der Waals surface area contributed by atoms with Gasteiger partial charge in [-0.3, -0.25) is 9.80 Å². The first-order chi connectivity index (χ1) is 11.7. The fraction of sp³-hybridized carbons (Fsp3) is 0.650. The van der Waals surface area contributed by atoms with Gasteiger partial charge in [0.1, 0.15) is 5.82 Å². The quantitative estimate of drug-likeness (QED) is 0.936.